The molecule has 2 N–H and O–H groups in total. The van der Waals surface area contributed by atoms with Crippen LogP contribution in [0.1, 0.15) is 34.5 Å². The Morgan fingerprint density at radius 2 is 1.53 bits per heavy atom. The number of nitrogens with two attached hydrogens (primary N) is 1. The molecule has 0 aliphatic heterocycles. The highest BCUT2D eigenvalue weighted by molar-refractivity contribution is 6.00. The average Bonchev–Trinajstić information content (AvgIpc) is 2.83. The predicted octanol–water partition coefficient (Wildman–Crippen LogP) is 3.50. The third-order valence-electron chi connectivity index (χ3n) is 5.11. The van der Waals surface area contributed by atoms with Crippen LogP contribution in [0.4, 0.5) is 0 Å². The van der Waals surface area contributed by atoms with Crippen molar-refractivity contribution < 1.29 is 28.6 Å². The molecule has 0 heterocycles. The largest absolute Gasteiger partial charge is 0.497 e. The van der Waals surface area contributed by atoms with E-state index < -0.39 is 23.8 Å². The van der Waals surface area contributed by atoms with Crippen LogP contribution >= 0.6 is 0 Å². The summed E-state index contributed by atoms with van der Waals surface area (Å²) >= 11 is 0. The Kier molecular flexibility index (Phi) is 7.87. The molecule has 3 aromatic rings. The molecule has 0 fully saturated rings. The van der Waals surface area contributed by atoms with Crippen molar-refractivity contribution in [1.29, 1.82) is 0 Å². The van der Waals surface area contributed by atoms with Crippen molar-refractivity contribution in [3.63, 3.8) is 0 Å². The van der Waals surface area contributed by atoms with Gasteiger partial charge >= 0.3 is 5.97 Å². The zero-order chi connectivity index (χ0) is 24.7. The van der Waals surface area contributed by atoms with Gasteiger partial charge in [-0.15, -0.1) is 0 Å². The summed E-state index contributed by atoms with van der Waals surface area (Å²) in [5.41, 5.74) is 7.14. The van der Waals surface area contributed by atoms with Crippen LogP contribution in [0, 0.1) is 0 Å². The maximum atomic E-state index is 13.8. The van der Waals surface area contributed by atoms with Gasteiger partial charge in [-0.2, -0.15) is 0 Å². The molecule has 2 amide bonds. The summed E-state index contributed by atoms with van der Waals surface area (Å²) < 4.78 is 15.8. The van der Waals surface area contributed by atoms with E-state index in [9.17, 15) is 14.4 Å². The van der Waals surface area contributed by atoms with Crippen LogP contribution in [0.2, 0.25) is 0 Å². The zero-order valence-corrected chi connectivity index (χ0v) is 19.2. The van der Waals surface area contributed by atoms with Crippen LogP contribution in [0.15, 0.2) is 72.8 Å². The van der Waals surface area contributed by atoms with Gasteiger partial charge in [0.1, 0.15) is 23.3 Å². The first-order valence-corrected chi connectivity index (χ1v) is 10.5. The van der Waals surface area contributed by atoms with E-state index in [2.05, 4.69) is 0 Å². The molecular formula is C26H26N2O6. The first-order valence-electron chi connectivity index (χ1n) is 10.5. The second kappa shape index (κ2) is 11.0. The molecular weight excluding hydrogens is 436 g/mol. The molecule has 1 atom stereocenters. The zero-order valence-electron chi connectivity index (χ0n) is 19.2. The Labute approximate surface area is 197 Å². The normalized spacial score (nSPS) is 11.3. The summed E-state index contributed by atoms with van der Waals surface area (Å²) in [6, 6.07) is 19.1. The van der Waals surface area contributed by atoms with Gasteiger partial charge in [-0.25, -0.2) is 0 Å². The number of carbonyl (C=O) groups excluding carboxylic acids is 3. The lowest BCUT2D eigenvalue weighted by Crippen LogP contribution is -2.41. The molecule has 0 saturated carbocycles. The van der Waals surface area contributed by atoms with Crippen molar-refractivity contribution in [2.45, 2.75) is 19.5 Å². The molecule has 3 rings (SSSR count). The van der Waals surface area contributed by atoms with E-state index in [-0.39, 0.29) is 17.9 Å². The van der Waals surface area contributed by atoms with Gasteiger partial charge in [-0.3, -0.25) is 14.4 Å². The van der Waals surface area contributed by atoms with Gasteiger partial charge in [0.15, 0.2) is 0 Å². The van der Waals surface area contributed by atoms with E-state index in [1.54, 1.807) is 61.7 Å². The number of amides is 2. The number of hydrogen-bond acceptors (Lipinski definition) is 6. The molecule has 8 heteroatoms. The van der Waals surface area contributed by atoms with E-state index in [0.717, 1.165) is 0 Å². The number of rotatable bonds is 9. The van der Waals surface area contributed by atoms with Gasteiger partial charge in [0.25, 0.3) is 5.91 Å². The molecule has 0 radical (unpaired) electrons. The fourth-order valence-corrected chi connectivity index (χ4v) is 3.60. The van der Waals surface area contributed by atoms with Gasteiger partial charge < -0.3 is 24.8 Å². The molecule has 0 aromatic heterocycles. The monoisotopic (exact) mass is 462 g/mol. The van der Waals surface area contributed by atoms with Crippen LogP contribution in [0.25, 0.3) is 0 Å². The first kappa shape index (κ1) is 24.3. The second-order valence-corrected chi connectivity index (χ2v) is 7.46. The Morgan fingerprint density at radius 1 is 0.882 bits per heavy atom. The lowest BCUT2D eigenvalue weighted by Gasteiger charge is -2.31. The van der Waals surface area contributed by atoms with Gasteiger partial charge in [0.05, 0.1) is 19.8 Å². The van der Waals surface area contributed by atoms with Crippen LogP contribution in [0.3, 0.4) is 0 Å². The number of primary amides is 1. The minimum absolute atomic E-state index is 0.0370. The summed E-state index contributed by atoms with van der Waals surface area (Å²) in [4.78, 5) is 39.5. The highest BCUT2D eigenvalue weighted by atomic mass is 16.5. The van der Waals surface area contributed by atoms with Gasteiger partial charge in [-0.1, -0.05) is 36.4 Å². The minimum Gasteiger partial charge on any atom is -0.497 e. The van der Waals surface area contributed by atoms with Crippen molar-refractivity contribution in [2.75, 3.05) is 14.2 Å². The van der Waals surface area contributed by atoms with Crippen LogP contribution < -0.4 is 19.9 Å². The molecule has 8 nitrogen and oxygen atoms in total. The summed E-state index contributed by atoms with van der Waals surface area (Å²) in [5.74, 6) is -0.635. The number of benzene rings is 3. The summed E-state index contributed by atoms with van der Waals surface area (Å²) in [6.45, 7) is 1.28. The number of nitrogens with zero attached hydrogens (tertiary/aromatic N) is 1. The number of hydrogen-bond donors (Lipinski definition) is 1. The molecule has 34 heavy (non-hydrogen) atoms. The number of ether oxygens (including phenoxy) is 3. The molecule has 0 aliphatic rings. The smallest absolute Gasteiger partial charge is 0.308 e. The topological polar surface area (TPSA) is 108 Å². The summed E-state index contributed by atoms with van der Waals surface area (Å²) in [5, 5.41) is 0. The van der Waals surface area contributed by atoms with Crippen LogP contribution in [0.5, 0.6) is 17.2 Å². The van der Waals surface area contributed by atoms with Gasteiger partial charge in [0.2, 0.25) is 5.91 Å². The highest BCUT2D eigenvalue weighted by Gasteiger charge is 2.32. The van der Waals surface area contributed by atoms with Gasteiger partial charge in [-0.05, 0) is 47.5 Å². The van der Waals surface area contributed by atoms with Crippen LogP contribution in [-0.2, 0) is 16.1 Å². The van der Waals surface area contributed by atoms with Crippen molar-refractivity contribution in [1.82, 2.24) is 4.90 Å². The Balaban J connectivity index is 2.13. The fourth-order valence-electron chi connectivity index (χ4n) is 3.60. The van der Waals surface area contributed by atoms with Gasteiger partial charge in [0, 0.05) is 13.5 Å². The first-order chi connectivity index (χ1) is 16.3. The molecule has 0 aliphatic carbocycles. The predicted molar refractivity (Wildman–Crippen MR) is 126 cm³/mol. The third kappa shape index (κ3) is 5.72. The quantitative estimate of drug-likeness (QED) is 0.385. The second-order valence-electron chi connectivity index (χ2n) is 7.46. The Morgan fingerprint density at radius 3 is 2.18 bits per heavy atom. The maximum absolute atomic E-state index is 13.8. The number of methoxy groups -OCH3 is 2. The standard InChI is InChI=1S/C26H26N2O6/c1-17(29)34-23-13-5-4-12-22(23)26(31)28(16-18-8-6-10-20(14-18)32-2)24(25(27)30)19-9-7-11-21(15-19)33-3/h4-15,24H,16H2,1-3H3,(H2,27,30). The van der Waals surface area contributed by atoms with Crippen molar-refractivity contribution in [3.05, 3.63) is 89.5 Å². The molecule has 0 saturated heterocycles. The minimum atomic E-state index is -1.13. The lowest BCUT2D eigenvalue weighted by molar-refractivity contribution is -0.132. The number of para-hydroxylation sites is 1. The van der Waals surface area contributed by atoms with E-state index >= 15 is 0 Å². The lowest BCUT2D eigenvalue weighted by atomic mass is 10.0. The molecule has 0 bridgehead atoms. The molecule has 176 valence electrons. The van der Waals surface area contributed by atoms with E-state index in [1.165, 1.54) is 31.1 Å². The SMILES string of the molecule is COc1cccc(CN(C(=O)c2ccccc2OC(C)=O)C(C(N)=O)c2cccc(OC)c2)c1. The molecule has 1 unspecified atom stereocenters. The van der Waals surface area contributed by atoms with E-state index in [0.29, 0.717) is 22.6 Å². The van der Waals surface area contributed by atoms with E-state index in [4.69, 9.17) is 19.9 Å². The average molecular weight is 463 g/mol. The maximum Gasteiger partial charge on any atom is 0.308 e. The Hall–Kier alpha value is -4.33. The highest BCUT2D eigenvalue weighted by Crippen LogP contribution is 2.30. The van der Waals surface area contributed by atoms with Crippen molar-refractivity contribution in [2.24, 2.45) is 5.73 Å². The third-order valence-corrected chi connectivity index (χ3v) is 5.11. The summed E-state index contributed by atoms with van der Waals surface area (Å²) in [7, 11) is 3.05. The number of carbonyl (C=O) groups is 3. The summed E-state index contributed by atoms with van der Waals surface area (Å²) in [6.07, 6.45) is 0. The van der Waals surface area contributed by atoms with Crippen molar-refractivity contribution in [3.8, 4) is 17.2 Å². The van der Waals surface area contributed by atoms with Crippen molar-refractivity contribution >= 4 is 17.8 Å². The number of esters is 1. The van der Waals surface area contributed by atoms with E-state index in [1.807, 2.05) is 6.07 Å². The fraction of sp³-hybridized carbons (Fsp3) is 0.192. The Bertz CT molecular complexity index is 1190. The molecule has 0 spiro atoms. The van der Waals surface area contributed by atoms with Crippen LogP contribution in [-0.4, -0.2) is 36.9 Å². The molecule has 3 aromatic carbocycles.